The van der Waals surface area contributed by atoms with Crippen molar-refractivity contribution in [1.29, 1.82) is 0 Å². The monoisotopic (exact) mass is 556 g/mol. The number of hydrogen-bond acceptors (Lipinski definition) is 9. The zero-order chi connectivity index (χ0) is 28.1. The van der Waals surface area contributed by atoms with Crippen LogP contribution in [0.3, 0.4) is 0 Å². The zero-order valence-electron chi connectivity index (χ0n) is 22.8. The van der Waals surface area contributed by atoms with Crippen LogP contribution in [0.15, 0.2) is 24.3 Å². The van der Waals surface area contributed by atoms with Crippen molar-refractivity contribution in [2.45, 2.75) is 25.7 Å². The molecule has 0 bridgehead atoms. The first kappa shape index (κ1) is 27.9. The lowest BCUT2D eigenvalue weighted by Gasteiger charge is -2.16. The molecular formula is C28H32N2O8S. The number of thiophene rings is 1. The van der Waals surface area contributed by atoms with Crippen molar-refractivity contribution < 1.29 is 38.0 Å². The van der Waals surface area contributed by atoms with Gasteiger partial charge in [0.1, 0.15) is 5.00 Å². The summed E-state index contributed by atoms with van der Waals surface area (Å²) in [5, 5.41) is 6.37. The molecule has 11 heteroatoms. The molecule has 0 fully saturated rings. The van der Waals surface area contributed by atoms with E-state index in [2.05, 4.69) is 10.6 Å². The third kappa shape index (κ3) is 5.53. The molecule has 10 nitrogen and oxygen atoms in total. The minimum Gasteiger partial charge on any atom is -0.493 e. The molecule has 208 valence electrons. The highest BCUT2D eigenvalue weighted by atomic mass is 32.1. The topological polar surface area (TPSA) is 114 Å². The summed E-state index contributed by atoms with van der Waals surface area (Å²) in [5.74, 6) is 1.59. The van der Waals surface area contributed by atoms with Crippen molar-refractivity contribution in [3.63, 3.8) is 0 Å². The van der Waals surface area contributed by atoms with Gasteiger partial charge in [0, 0.05) is 28.3 Å². The summed E-state index contributed by atoms with van der Waals surface area (Å²) in [5.41, 5.74) is 2.17. The van der Waals surface area contributed by atoms with Gasteiger partial charge in [-0.15, -0.1) is 11.3 Å². The number of carbonyl (C=O) groups is 2. The first-order valence-corrected chi connectivity index (χ1v) is 13.1. The van der Waals surface area contributed by atoms with E-state index in [0.29, 0.717) is 56.3 Å². The fourth-order valence-electron chi connectivity index (χ4n) is 4.63. The summed E-state index contributed by atoms with van der Waals surface area (Å²) in [6.07, 6.45) is 3.60. The average Bonchev–Trinajstić information content (AvgIpc) is 3.33. The number of hydrogen-bond donors (Lipinski definition) is 2. The number of aryl methyl sites for hydroxylation is 1. The van der Waals surface area contributed by atoms with Gasteiger partial charge in [0.15, 0.2) is 23.0 Å². The van der Waals surface area contributed by atoms with Crippen molar-refractivity contribution >= 4 is 33.8 Å². The molecule has 2 N–H and O–H groups in total. The van der Waals surface area contributed by atoms with Gasteiger partial charge < -0.3 is 39.1 Å². The van der Waals surface area contributed by atoms with E-state index in [4.69, 9.17) is 28.4 Å². The Hall–Kier alpha value is -4.12. The second kappa shape index (κ2) is 12.2. The minimum absolute atomic E-state index is 0.298. The third-order valence-electron chi connectivity index (χ3n) is 6.47. The van der Waals surface area contributed by atoms with E-state index in [1.807, 2.05) is 0 Å². The SMILES string of the molecule is COc1cc(NC(=O)c2c(NC(=O)c3cc(OC)c(OC)c(OC)c3)sc3c2CCCC3)cc(OC)c1OC. The maximum Gasteiger partial charge on any atom is 0.258 e. The van der Waals surface area contributed by atoms with Crippen molar-refractivity contribution in [3.05, 3.63) is 45.8 Å². The largest absolute Gasteiger partial charge is 0.493 e. The molecule has 0 saturated heterocycles. The van der Waals surface area contributed by atoms with Gasteiger partial charge in [-0.05, 0) is 43.4 Å². The lowest BCUT2D eigenvalue weighted by molar-refractivity contribution is 0.102. The van der Waals surface area contributed by atoms with Gasteiger partial charge in [-0.2, -0.15) is 0 Å². The lowest BCUT2D eigenvalue weighted by atomic mass is 9.95. The molecule has 4 rings (SSSR count). The van der Waals surface area contributed by atoms with E-state index < -0.39 is 5.91 Å². The summed E-state index contributed by atoms with van der Waals surface area (Å²) >= 11 is 1.42. The quantitative estimate of drug-likeness (QED) is 0.351. The molecule has 0 unspecified atom stereocenters. The van der Waals surface area contributed by atoms with Crippen molar-refractivity contribution in [3.8, 4) is 34.5 Å². The number of nitrogens with one attached hydrogen (secondary N) is 2. The second-order valence-electron chi connectivity index (χ2n) is 8.65. The molecule has 3 aromatic rings. The lowest BCUT2D eigenvalue weighted by Crippen LogP contribution is -2.19. The van der Waals surface area contributed by atoms with Crippen LogP contribution in [0.1, 0.15) is 44.0 Å². The van der Waals surface area contributed by atoms with E-state index >= 15 is 0 Å². The third-order valence-corrected chi connectivity index (χ3v) is 7.68. The van der Waals surface area contributed by atoms with Gasteiger partial charge >= 0.3 is 0 Å². The van der Waals surface area contributed by atoms with E-state index in [-0.39, 0.29) is 5.91 Å². The average molecular weight is 557 g/mol. The highest BCUT2D eigenvalue weighted by Crippen LogP contribution is 2.43. The molecule has 0 spiro atoms. The Kier molecular flexibility index (Phi) is 8.70. The molecule has 2 amide bonds. The van der Waals surface area contributed by atoms with Crippen LogP contribution in [-0.2, 0) is 12.8 Å². The molecule has 1 aliphatic rings. The van der Waals surface area contributed by atoms with Gasteiger partial charge in [-0.1, -0.05) is 0 Å². The maximum atomic E-state index is 13.7. The number of carbonyl (C=O) groups excluding carboxylic acids is 2. The first-order chi connectivity index (χ1) is 18.9. The van der Waals surface area contributed by atoms with Crippen LogP contribution in [0.5, 0.6) is 34.5 Å². The smallest absolute Gasteiger partial charge is 0.258 e. The fourth-order valence-corrected chi connectivity index (χ4v) is 5.91. The predicted molar refractivity (Wildman–Crippen MR) is 149 cm³/mol. The molecule has 0 aliphatic heterocycles. The van der Waals surface area contributed by atoms with Gasteiger partial charge in [-0.25, -0.2) is 0 Å². The number of benzene rings is 2. The molecule has 2 aromatic carbocycles. The molecular weight excluding hydrogens is 524 g/mol. The van der Waals surface area contributed by atoms with Crippen LogP contribution in [0.2, 0.25) is 0 Å². The number of anilines is 2. The minimum atomic E-state index is -0.408. The van der Waals surface area contributed by atoms with Crippen molar-refractivity contribution in [2.24, 2.45) is 0 Å². The Balaban J connectivity index is 1.69. The number of rotatable bonds is 10. The molecule has 1 aromatic heterocycles. The fraction of sp³-hybridized carbons (Fsp3) is 0.357. The highest BCUT2D eigenvalue weighted by Gasteiger charge is 2.28. The summed E-state index contributed by atoms with van der Waals surface area (Å²) < 4.78 is 32.4. The van der Waals surface area contributed by atoms with Gasteiger partial charge in [-0.3, -0.25) is 9.59 Å². The molecule has 1 aliphatic carbocycles. The van der Waals surface area contributed by atoms with E-state index in [1.165, 1.54) is 54.0 Å². The summed E-state index contributed by atoms with van der Waals surface area (Å²) in [7, 11) is 8.99. The Morgan fingerprint density at radius 2 is 1.18 bits per heavy atom. The predicted octanol–water partition coefficient (Wildman–Crippen LogP) is 5.18. The molecule has 1 heterocycles. The molecule has 0 radical (unpaired) electrons. The Morgan fingerprint density at radius 1 is 0.667 bits per heavy atom. The van der Waals surface area contributed by atoms with Gasteiger partial charge in [0.25, 0.3) is 11.8 Å². The van der Waals surface area contributed by atoms with Gasteiger partial charge in [0.2, 0.25) is 11.5 Å². The van der Waals surface area contributed by atoms with E-state index in [0.717, 1.165) is 36.1 Å². The van der Waals surface area contributed by atoms with Crippen LogP contribution >= 0.6 is 11.3 Å². The normalized spacial score (nSPS) is 12.2. The van der Waals surface area contributed by atoms with E-state index in [1.54, 1.807) is 24.3 Å². The van der Waals surface area contributed by atoms with Crippen LogP contribution in [0, 0.1) is 0 Å². The van der Waals surface area contributed by atoms with Crippen molar-refractivity contribution in [2.75, 3.05) is 53.3 Å². The summed E-state index contributed by atoms with van der Waals surface area (Å²) in [6.45, 7) is 0. The Morgan fingerprint density at radius 3 is 1.69 bits per heavy atom. The summed E-state index contributed by atoms with van der Waals surface area (Å²) in [4.78, 5) is 28.2. The highest BCUT2D eigenvalue weighted by molar-refractivity contribution is 7.17. The molecule has 0 saturated carbocycles. The Labute approximate surface area is 231 Å². The zero-order valence-corrected chi connectivity index (χ0v) is 23.6. The van der Waals surface area contributed by atoms with Crippen LogP contribution < -0.4 is 39.1 Å². The maximum absolute atomic E-state index is 13.7. The second-order valence-corrected chi connectivity index (χ2v) is 9.76. The molecule has 39 heavy (non-hydrogen) atoms. The van der Waals surface area contributed by atoms with Gasteiger partial charge in [0.05, 0.1) is 48.2 Å². The standard InChI is InChI=1S/C28H32N2O8S/c1-33-18-11-15(12-19(34-2)24(18)37-5)26(31)30-28-23(17-9-7-8-10-22(17)39-28)27(32)29-16-13-20(35-3)25(38-6)21(14-16)36-4/h11-14H,7-10H2,1-6H3,(H,29,32)(H,30,31). The van der Waals surface area contributed by atoms with Crippen LogP contribution in [-0.4, -0.2) is 54.5 Å². The first-order valence-electron chi connectivity index (χ1n) is 12.3. The van der Waals surface area contributed by atoms with Crippen LogP contribution in [0.25, 0.3) is 0 Å². The van der Waals surface area contributed by atoms with E-state index in [9.17, 15) is 9.59 Å². The summed E-state index contributed by atoms with van der Waals surface area (Å²) in [6, 6.07) is 6.46. The number of ether oxygens (including phenoxy) is 6. The number of amides is 2. The Bertz CT molecular complexity index is 1330. The number of methoxy groups -OCH3 is 6. The van der Waals surface area contributed by atoms with Crippen LogP contribution in [0.4, 0.5) is 10.7 Å². The van der Waals surface area contributed by atoms with Crippen molar-refractivity contribution in [1.82, 2.24) is 0 Å². The molecule has 0 atom stereocenters. The number of fused-ring (bicyclic) bond motifs is 1.